The highest BCUT2D eigenvalue weighted by Gasteiger charge is 2.35. The minimum absolute atomic E-state index is 0.0256. The summed E-state index contributed by atoms with van der Waals surface area (Å²) >= 11 is 0. The molecule has 1 aliphatic carbocycles. The number of anilines is 2. The van der Waals surface area contributed by atoms with E-state index in [1.165, 1.54) is 44.2 Å². The highest BCUT2D eigenvalue weighted by atomic mass is 14.9. The van der Waals surface area contributed by atoms with Crippen molar-refractivity contribution in [1.29, 1.82) is 0 Å². The molecule has 0 saturated heterocycles. The summed E-state index contributed by atoms with van der Waals surface area (Å²) in [7, 11) is 0. The lowest BCUT2D eigenvalue weighted by atomic mass is 9.81. The predicted octanol–water partition coefficient (Wildman–Crippen LogP) is 8.56. The third-order valence-electron chi connectivity index (χ3n) is 6.87. The first-order chi connectivity index (χ1) is 15.6. The molecule has 0 saturated carbocycles. The van der Waals surface area contributed by atoms with Gasteiger partial charge < -0.3 is 5.32 Å². The second-order valence-corrected chi connectivity index (χ2v) is 9.16. The van der Waals surface area contributed by atoms with Gasteiger partial charge in [0.15, 0.2) is 0 Å². The lowest BCUT2D eigenvalue weighted by Crippen LogP contribution is -2.14. The van der Waals surface area contributed by atoms with Gasteiger partial charge in [0, 0.05) is 22.2 Å². The Balaban J connectivity index is 1.32. The molecule has 1 heteroatoms. The first kappa shape index (κ1) is 18.9. The molecule has 0 unspecified atom stereocenters. The molecule has 0 amide bonds. The largest absolute Gasteiger partial charge is 0.355 e. The van der Waals surface area contributed by atoms with Gasteiger partial charge in [0.05, 0.1) is 0 Å². The molecule has 0 aromatic heterocycles. The zero-order valence-corrected chi connectivity index (χ0v) is 18.4. The van der Waals surface area contributed by atoms with Gasteiger partial charge in [0.2, 0.25) is 0 Å². The van der Waals surface area contributed by atoms with Crippen molar-refractivity contribution < 1.29 is 0 Å². The molecule has 6 rings (SSSR count). The number of hydrogen-bond donors (Lipinski definition) is 1. The molecule has 0 spiro atoms. The van der Waals surface area contributed by atoms with Gasteiger partial charge in [0.25, 0.3) is 0 Å². The summed E-state index contributed by atoms with van der Waals surface area (Å²) in [5.41, 5.74) is 10.3. The molecular weight excluding hydrogens is 386 g/mol. The van der Waals surface area contributed by atoms with Crippen molar-refractivity contribution in [2.24, 2.45) is 0 Å². The van der Waals surface area contributed by atoms with Crippen LogP contribution in [0, 0.1) is 0 Å². The maximum absolute atomic E-state index is 3.59. The van der Waals surface area contributed by atoms with E-state index >= 15 is 0 Å². The van der Waals surface area contributed by atoms with Gasteiger partial charge >= 0.3 is 0 Å². The zero-order chi connectivity index (χ0) is 21.7. The van der Waals surface area contributed by atoms with E-state index in [2.05, 4.69) is 128 Å². The minimum Gasteiger partial charge on any atom is -0.355 e. The van der Waals surface area contributed by atoms with Crippen LogP contribution in [-0.2, 0) is 5.41 Å². The summed E-state index contributed by atoms with van der Waals surface area (Å²) < 4.78 is 0. The molecule has 1 nitrogen and oxygen atoms in total. The molecule has 5 aromatic carbocycles. The standard InChI is InChI=1S/C31H25N/c1-31(2)28-12-6-5-11-26(28)27-19-16-23(20-29(27)31)21-14-17-24(18-15-21)32-30-13-7-9-22-8-3-4-10-25(22)30/h3-20,32H,1-2H3. The molecule has 0 aliphatic heterocycles. The van der Waals surface area contributed by atoms with E-state index in [1.54, 1.807) is 0 Å². The van der Waals surface area contributed by atoms with Crippen molar-refractivity contribution in [2.75, 3.05) is 5.32 Å². The number of benzene rings is 5. The van der Waals surface area contributed by atoms with Crippen LogP contribution in [0.3, 0.4) is 0 Å². The maximum Gasteiger partial charge on any atom is 0.0463 e. The quantitative estimate of drug-likeness (QED) is 0.313. The summed E-state index contributed by atoms with van der Waals surface area (Å²) in [4.78, 5) is 0. The lowest BCUT2D eigenvalue weighted by Gasteiger charge is -2.22. The van der Waals surface area contributed by atoms with E-state index in [-0.39, 0.29) is 5.41 Å². The highest BCUT2D eigenvalue weighted by Crippen LogP contribution is 2.49. The second-order valence-electron chi connectivity index (χ2n) is 9.16. The maximum atomic E-state index is 3.59. The van der Waals surface area contributed by atoms with Crippen LogP contribution < -0.4 is 5.32 Å². The van der Waals surface area contributed by atoms with E-state index < -0.39 is 0 Å². The Hall–Kier alpha value is -3.84. The first-order valence-corrected chi connectivity index (χ1v) is 11.2. The normalized spacial score (nSPS) is 13.6. The van der Waals surface area contributed by atoms with Gasteiger partial charge in [-0.2, -0.15) is 0 Å². The Bertz CT molecular complexity index is 1450. The van der Waals surface area contributed by atoms with Gasteiger partial charge in [-0.05, 0) is 63.0 Å². The van der Waals surface area contributed by atoms with Crippen LogP contribution in [0.2, 0.25) is 0 Å². The van der Waals surface area contributed by atoms with Crippen LogP contribution in [0.5, 0.6) is 0 Å². The van der Waals surface area contributed by atoms with E-state index in [0.717, 1.165) is 11.4 Å². The van der Waals surface area contributed by atoms with Gasteiger partial charge in [-0.1, -0.05) is 98.8 Å². The summed E-state index contributed by atoms with van der Waals surface area (Å²) in [5, 5.41) is 6.07. The van der Waals surface area contributed by atoms with Crippen LogP contribution in [-0.4, -0.2) is 0 Å². The molecule has 0 radical (unpaired) electrons. The first-order valence-electron chi connectivity index (χ1n) is 11.2. The lowest BCUT2D eigenvalue weighted by molar-refractivity contribution is 0.660. The molecule has 0 heterocycles. The Kier molecular flexibility index (Phi) is 4.19. The molecule has 5 aromatic rings. The van der Waals surface area contributed by atoms with Crippen molar-refractivity contribution >= 4 is 22.1 Å². The molecule has 0 fully saturated rings. The van der Waals surface area contributed by atoms with E-state index in [0.29, 0.717) is 0 Å². The number of rotatable bonds is 3. The Morgan fingerprint density at radius 3 is 2.12 bits per heavy atom. The van der Waals surface area contributed by atoms with Gasteiger partial charge in [-0.3, -0.25) is 0 Å². The summed E-state index contributed by atoms with van der Waals surface area (Å²) in [6.07, 6.45) is 0. The van der Waals surface area contributed by atoms with Crippen LogP contribution in [0.25, 0.3) is 33.0 Å². The van der Waals surface area contributed by atoms with Gasteiger partial charge in [-0.25, -0.2) is 0 Å². The Morgan fingerprint density at radius 2 is 1.25 bits per heavy atom. The van der Waals surface area contributed by atoms with Crippen molar-refractivity contribution in [3.05, 3.63) is 120 Å². The second kappa shape index (κ2) is 7.10. The summed E-state index contributed by atoms with van der Waals surface area (Å²) in [5.74, 6) is 0. The van der Waals surface area contributed by atoms with Crippen molar-refractivity contribution in [1.82, 2.24) is 0 Å². The van der Waals surface area contributed by atoms with Crippen LogP contribution in [0.4, 0.5) is 11.4 Å². The summed E-state index contributed by atoms with van der Waals surface area (Å²) in [6.45, 7) is 4.66. The molecule has 1 N–H and O–H groups in total. The van der Waals surface area contributed by atoms with Gasteiger partial charge in [-0.15, -0.1) is 0 Å². The number of hydrogen-bond acceptors (Lipinski definition) is 1. The molecular formula is C31H25N. The molecule has 154 valence electrons. The van der Waals surface area contributed by atoms with Gasteiger partial charge in [0.1, 0.15) is 0 Å². The zero-order valence-electron chi connectivity index (χ0n) is 18.4. The Morgan fingerprint density at radius 1 is 0.562 bits per heavy atom. The van der Waals surface area contributed by atoms with Crippen LogP contribution >= 0.6 is 0 Å². The molecule has 32 heavy (non-hydrogen) atoms. The fourth-order valence-corrected chi connectivity index (χ4v) is 5.12. The van der Waals surface area contributed by atoms with E-state index in [9.17, 15) is 0 Å². The smallest absolute Gasteiger partial charge is 0.0463 e. The van der Waals surface area contributed by atoms with Crippen molar-refractivity contribution in [2.45, 2.75) is 19.3 Å². The van der Waals surface area contributed by atoms with E-state index in [1.807, 2.05) is 0 Å². The van der Waals surface area contributed by atoms with Crippen molar-refractivity contribution in [3.8, 4) is 22.3 Å². The van der Waals surface area contributed by atoms with E-state index in [4.69, 9.17) is 0 Å². The third-order valence-corrected chi connectivity index (χ3v) is 6.87. The third kappa shape index (κ3) is 2.93. The molecule has 0 bridgehead atoms. The fraction of sp³-hybridized carbons (Fsp3) is 0.0968. The van der Waals surface area contributed by atoms with Crippen LogP contribution in [0.1, 0.15) is 25.0 Å². The Labute approximate surface area is 189 Å². The fourth-order valence-electron chi connectivity index (χ4n) is 5.12. The number of fused-ring (bicyclic) bond motifs is 4. The SMILES string of the molecule is CC1(C)c2ccccc2-c2ccc(-c3ccc(Nc4cccc5ccccc45)cc3)cc21. The summed E-state index contributed by atoms with van der Waals surface area (Å²) in [6, 6.07) is 39.4. The average Bonchev–Trinajstić information content (AvgIpc) is 3.07. The molecule has 0 atom stereocenters. The van der Waals surface area contributed by atoms with Crippen LogP contribution in [0.15, 0.2) is 109 Å². The number of nitrogens with one attached hydrogen (secondary N) is 1. The molecule has 1 aliphatic rings. The average molecular weight is 412 g/mol. The van der Waals surface area contributed by atoms with Crippen molar-refractivity contribution in [3.63, 3.8) is 0 Å². The topological polar surface area (TPSA) is 12.0 Å². The predicted molar refractivity (Wildman–Crippen MR) is 137 cm³/mol. The minimum atomic E-state index is 0.0256. The monoisotopic (exact) mass is 411 g/mol. The highest BCUT2D eigenvalue weighted by molar-refractivity contribution is 5.95.